The van der Waals surface area contributed by atoms with Crippen molar-refractivity contribution in [1.29, 1.82) is 0 Å². The first-order valence-electron chi connectivity index (χ1n) is 8.38. The number of nitrogens with zero attached hydrogens (tertiary/aromatic N) is 1. The number of aromatic nitrogens is 1. The predicted octanol–water partition coefficient (Wildman–Crippen LogP) is 2.68. The Bertz CT molecular complexity index is 821. The van der Waals surface area contributed by atoms with Gasteiger partial charge in [0.2, 0.25) is 0 Å². The molecule has 0 radical (unpaired) electrons. The second-order valence-electron chi connectivity index (χ2n) is 6.01. The second kappa shape index (κ2) is 7.74. The molecule has 2 atom stereocenters. The molecule has 0 saturated heterocycles. The number of ether oxygens (including phenoxy) is 2. The topological polar surface area (TPSA) is 89.5 Å². The number of hydrogen-bond donors (Lipinski definition) is 2. The molecule has 3 rings (SSSR count). The van der Waals surface area contributed by atoms with Crippen LogP contribution in [0.5, 0.6) is 5.75 Å². The largest absolute Gasteiger partial charge is 0.493 e. The number of carbonyl (C=O) groups excluding carboxylic acids is 2. The fraction of sp³-hybridized carbons (Fsp3) is 0.389. The molecule has 0 aliphatic carbocycles. The summed E-state index contributed by atoms with van der Waals surface area (Å²) in [5.74, 6) is -0.130. The number of anilines is 1. The standard InChI is InChI=1S/C18H21N3O4S/c1-10-15(17(19-3)26-21-10)18(23)25-11(2)16(22)20-13-8-9-24-14-7-5-4-6-12(13)14/h4-7,11,13,19H,8-9H2,1-3H3,(H,20,22)/t11-,13-/m0/s1. The number of carbonyl (C=O) groups is 2. The Morgan fingerprint density at radius 1 is 1.38 bits per heavy atom. The monoisotopic (exact) mass is 375 g/mol. The lowest BCUT2D eigenvalue weighted by atomic mass is 10.0. The van der Waals surface area contributed by atoms with Gasteiger partial charge in [-0.15, -0.1) is 0 Å². The lowest BCUT2D eigenvalue weighted by Gasteiger charge is -2.27. The lowest BCUT2D eigenvalue weighted by Crippen LogP contribution is -2.39. The summed E-state index contributed by atoms with van der Waals surface area (Å²) in [7, 11) is 1.71. The highest BCUT2D eigenvalue weighted by atomic mass is 32.1. The second-order valence-corrected chi connectivity index (χ2v) is 6.78. The van der Waals surface area contributed by atoms with Crippen LogP contribution in [0.3, 0.4) is 0 Å². The number of amides is 1. The van der Waals surface area contributed by atoms with Crippen LogP contribution in [0.25, 0.3) is 0 Å². The van der Waals surface area contributed by atoms with Gasteiger partial charge in [0.15, 0.2) is 6.10 Å². The van der Waals surface area contributed by atoms with Crippen molar-refractivity contribution < 1.29 is 19.1 Å². The molecule has 2 N–H and O–H groups in total. The lowest BCUT2D eigenvalue weighted by molar-refractivity contribution is -0.130. The predicted molar refractivity (Wildman–Crippen MR) is 98.7 cm³/mol. The molecular formula is C18H21N3O4S. The van der Waals surface area contributed by atoms with Crippen molar-refractivity contribution in [2.45, 2.75) is 32.4 Å². The molecule has 1 aliphatic heterocycles. The van der Waals surface area contributed by atoms with E-state index in [9.17, 15) is 9.59 Å². The minimum Gasteiger partial charge on any atom is -0.493 e. The van der Waals surface area contributed by atoms with E-state index in [0.29, 0.717) is 29.3 Å². The van der Waals surface area contributed by atoms with Crippen LogP contribution in [0, 0.1) is 6.92 Å². The average molecular weight is 375 g/mol. The number of para-hydroxylation sites is 1. The van der Waals surface area contributed by atoms with Crippen LogP contribution in [0.4, 0.5) is 5.00 Å². The third-order valence-electron chi connectivity index (χ3n) is 4.22. The SMILES string of the molecule is CNc1snc(C)c1C(=O)O[C@@H](C)C(=O)N[C@H]1CCOc2ccccc21. The Kier molecular flexibility index (Phi) is 5.41. The molecule has 2 heterocycles. The molecule has 26 heavy (non-hydrogen) atoms. The van der Waals surface area contributed by atoms with Gasteiger partial charge in [-0.1, -0.05) is 18.2 Å². The van der Waals surface area contributed by atoms with Crippen molar-refractivity contribution in [3.8, 4) is 5.75 Å². The number of rotatable bonds is 5. The van der Waals surface area contributed by atoms with E-state index >= 15 is 0 Å². The van der Waals surface area contributed by atoms with Crippen molar-refractivity contribution in [1.82, 2.24) is 9.69 Å². The van der Waals surface area contributed by atoms with E-state index in [-0.39, 0.29) is 11.9 Å². The molecule has 0 fully saturated rings. The van der Waals surface area contributed by atoms with Crippen LogP contribution in [-0.4, -0.2) is 36.0 Å². The van der Waals surface area contributed by atoms with Gasteiger partial charge in [-0.3, -0.25) is 4.79 Å². The molecule has 8 heteroatoms. The van der Waals surface area contributed by atoms with Crippen molar-refractivity contribution in [2.75, 3.05) is 19.0 Å². The summed E-state index contributed by atoms with van der Waals surface area (Å²) in [5, 5.41) is 6.48. The van der Waals surface area contributed by atoms with Crippen LogP contribution >= 0.6 is 11.5 Å². The van der Waals surface area contributed by atoms with Gasteiger partial charge in [0.1, 0.15) is 16.3 Å². The summed E-state index contributed by atoms with van der Waals surface area (Å²) < 4.78 is 15.1. The maximum absolute atomic E-state index is 12.5. The summed E-state index contributed by atoms with van der Waals surface area (Å²) in [4.78, 5) is 24.9. The number of esters is 1. The third-order valence-corrected chi connectivity index (χ3v) is 5.18. The molecule has 1 amide bonds. The number of hydrogen-bond acceptors (Lipinski definition) is 7. The van der Waals surface area contributed by atoms with Crippen LogP contribution in [0.2, 0.25) is 0 Å². The zero-order valence-corrected chi connectivity index (χ0v) is 15.7. The molecule has 0 bridgehead atoms. The Balaban J connectivity index is 1.66. The van der Waals surface area contributed by atoms with E-state index in [1.54, 1.807) is 20.9 Å². The smallest absolute Gasteiger partial charge is 0.343 e. The number of nitrogens with one attached hydrogen (secondary N) is 2. The minimum absolute atomic E-state index is 0.161. The van der Waals surface area contributed by atoms with Gasteiger partial charge in [0.05, 0.1) is 18.3 Å². The Morgan fingerprint density at radius 3 is 2.92 bits per heavy atom. The molecule has 7 nitrogen and oxygen atoms in total. The van der Waals surface area contributed by atoms with Gasteiger partial charge in [0, 0.05) is 19.0 Å². The van der Waals surface area contributed by atoms with E-state index < -0.39 is 12.1 Å². The first-order valence-corrected chi connectivity index (χ1v) is 9.15. The molecule has 138 valence electrons. The highest BCUT2D eigenvalue weighted by molar-refractivity contribution is 7.10. The van der Waals surface area contributed by atoms with Gasteiger partial charge in [0.25, 0.3) is 5.91 Å². The van der Waals surface area contributed by atoms with E-state index in [1.165, 1.54) is 11.5 Å². The van der Waals surface area contributed by atoms with Crippen molar-refractivity contribution >= 4 is 28.4 Å². The molecule has 1 aliphatic rings. The van der Waals surface area contributed by atoms with E-state index in [0.717, 1.165) is 11.3 Å². The maximum atomic E-state index is 12.5. The number of fused-ring (bicyclic) bond motifs is 1. The zero-order chi connectivity index (χ0) is 18.7. The molecule has 0 spiro atoms. The average Bonchev–Trinajstić information content (AvgIpc) is 3.02. The van der Waals surface area contributed by atoms with Gasteiger partial charge in [-0.25, -0.2) is 4.79 Å². The molecule has 1 aromatic carbocycles. The quantitative estimate of drug-likeness (QED) is 0.781. The maximum Gasteiger partial charge on any atom is 0.343 e. The molecule has 0 unspecified atom stereocenters. The fourth-order valence-electron chi connectivity index (χ4n) is 2.83. The van der Waals surface area contributed by atoms with E-state index in [2.05, 4.69) is 15.0 Å². The number of benzene rings is 1. The summed E-state index contributed by atoms with van der Waals surface area (Å²) >= 11 is 1.18. The summed E-state index contributed by atoms with van der Waals surface area (Å²) in [5.41, 5.74) is 1.88. The highest BCUT2D eigenvalue weighted by Gasteiger charge is 2.28. The normalized spacial score (nSPS) is 16.8. The minimum atomic E-state index is -0.915. The van der Waals surface area contributed by atoms with Crippen LogP contribution < -0.4 is 15.4 Å². The van der Waals surface area contributed by atoms with Crippen molar-refractivity contribution in [3.05, 3.63) is 41.1 Å². The van der Waals surface area contributed by atoms with Gasteiger partial charge in [-0.2, -0.15) is 4.37 Å². The van der Waals surface area contributed by atoms with Crippen molar-refractivity contribution in [2.24, 2.45) is 0 Å². The Labute approximate surface area is 155 Å². The van der Waals surface area contributed by atoms with E-state index in [4.69, 9.17) is 9.47 Å². The summed E-state index contributed by atoms with van der Waals surface area (Å²) in [6.45, 7) is 3.83. The third kappa shape index (κ3) is 3.65. The molecule has 1 aromatic heterocycles. The highest BCUT2D eigenvalue weighted by Crippen LogP contribution is 2.31. The Hall–Kier alpha value is -2.61. The first-order chi connectivity index (χ1) is 12.5. The number of aryl methyl sites for hydroxylation is 1. The Morgan fingerprint density at radius 2 is 2.15 bits per heavy atom. The molecule has 0 saturated carbocycles. The molecular weight excluding hydrogens is 354 g/mol. The van der Waals surface area contributed by atoms with Crippen LogP contribution in [-0.2, 0) is 9.53 Å². The fourth-order valence-corrected chi connectivity index (χ4v) is 3.57. The zero-order valence-electron chi connectivity index (χ0n) is 14.9. The molecule has 2 aromatic rings. The first kappa shape index (κ1) is 18.2. The summed E-state index contributed by atoms with van der Waals surface area (Å²) in [6.07, 6.45) is -0.248. The summed E-state index contributed by atoms with van der Waals surface area (Å²) in [6, 6.07) is 7.44. The van der Waals surface area contributed by atoms with Gasteiger partial charge in [-0.05, 0) is 31.4 Å². The van der Waals surface area contributed by atoms with Crippen LogP contribution in [0.15, 0.2) is 24.3 Å². The van der Waals surface area contributed by atoms with E-state index in [1.807, 2.05) is 24.3 Å². The van der Waals surface area contributed by atoms with Crippen molar-refractivity contribution in [3.63, 3.8) is 0 Å². The van der Waals surface area contributed by atoms with Gasteiger partial charge >= 0.3 is 5.97 Å². The van der Waals surface area contributed by atoms with Crippen LogP contribution in [0.1, 0.15) is 41.0 Å². The van der Waals surface area contributed by atoms with Gasteiger partial charge < -0.3 is 20.1 Å².